The zero-order valence-electron chi connectivity index (χ0n) is 10.1. The van der Waals surface area contributed by atoms with Gasteiger partial charge in [0.1, 0.15) is 0 Å². The van der Waals surface area contributed by atoms with Crippen LogP contribution in [0.4, 0.5) is 0 Å². The van der Waals surface area contributed by atoms with Gasteiger partial charge in [0, 0.05) is 18.3 Å². The quantitative estimate of drug-likeness (QED) is 0.523. The van der Waals surface area contributed by atoms with Gasteiger partial charge in [-0.2, -0.15) is 0 Å². The fraction of sp³-hybridized carbons (Fsp3) is 0.615. The van der Waals surface area contributed by atoms with Crippen LogP contribution in [0.15, 0.2) is 18.5 Å². The van der Waals surface area contributed by atoms with Crippen LogP contribution >= 0.6 is 0 Å². The summed E-state index contributed by atoms with van der Waals surface area (Å²) < 4.78 is 0. The number of carbonyl (C=O) groups excluding carboxylic acids is 1. The lowest BCUT2D eigenvalue weighted by molar-refractivity contribution is 0.0911. The molecule has 1 unspecified atom stereocenters. The first-order chi connectivity index (χ1) is 7.75. The molecule has 3 nitrogen and oxygen atoms in total. The van der Waals surface area contributed by atoms with E-state index in [1.807, 2.05) is 6.92 Å². The molecular formula is C13H20N2O. The van der Waals surface area contributed by atoms with E-state index in [-0.39, 0.29) is 11.7 Å². The highest BCUT2D eigenvalue weighted by Crippen LogP contribution is 2.13. The topological polar surface area (TPSA) is 42.9 Å². The molecule has 0 aliphatic heterocycles. The van der Waals surface area contributed by atoms with Crippen LogP contribution < -0.4 is 0 Å². The van der Waals surface area contributed by atoms with Gasteiger partial charge in [0.05, 0.1) is 0 Å². The van der Waals surface area contributed by atoms with Crippen molar-refractivity contribution >= 4 is 5.78 Å². The lowest BCUT2D eigenvalue weighted by Crippen LogP contribution is -2.14. The monoisotopic (exact) mass is 220 g/mol. The fourth-order valence-corrected chi connectivity index (χ4v) is 1.66. The van der Waals surface area contributed by atoms with Gasteiger partial charge < -0.3 is 0 Å². The summed E-state index contributed by atoms with van der Waals surface area (Å²) in [6.07, 6.45) is 8.98. The average molecular weight is 220 g/mol. The number of carbonyl (C=O) groups is 1. The Morgan fingerprint density at radius 1 is 1.25 bits per heavy atom. The van der Waals surface area contributed by atoms with Gasteiger partial charge in [-0.25, -0.2) is 9.97 Å². The highest BCUT2D eigenvalue weighted by atomic mass is 16.1. The Bertz CT molecular complexity index is 311. The first-order valence-corrected chi connectivity index (χ1v) is 6.07. The van der Waals surface area contributed by atoms with Crippen LogP contribution in [0.1, 0.15) is 56.6 Å². The normalized spacial score (nSPS) is 12.4. The number of hydrogen-bond donors (Lipinski definition) is 0. The molecule has 3 heteroatoms. The molecule has 0 radical (unpaired) electrons. The second kappa shape index (κ2) is 7.09. The third-order valence-corrected chi connectivity index (χ3v) is 2.72. The summed E-state index contributed by atoms with van der Waals surface area (Å²) in [5, 5.41) is 0. The van der Waals surface area contributed by atoms with Crippen molar-refractivity contribution < 1.29 is 4.79 Å². The number of rotatable bonds is 7. The van der Waals surface area contributed by atoms with Gasteiger partial charge in [-0.05, 0) is 12.5 Å². The minimum absolute atomic E-state index is 0.0410. The van der Waals surface area contributed by atoms with E-state index in [0.29, 0.717) is 5.82 Å². The van der Waals surface area contributed by atoms with Crippen molar-refractivity contribution in [2.45, 2.75) is 46.0 Å². The van der Waals surface area contributed by atoms with Crippen LogP contribution in [-0.2, 0) is 0 Å². The molecule has 0 N–H and O–H groups in total. The van der Waals surface area contributed by atoms with E-state index in [9.17, 15) is 4.79 Å². The van der Waals surface area contributed by atoms with Crippen molar-refractivity contribution in [3.8, 4) is 0 Å². The Kier molecular flexibility index (Phi) is 5.68. The van der Waals surface area contributed by atoms with Gasteiger partial charge in [0.25, 0.3) is 0 Å². The summed E-state index contributed by atoms with van der Waals surface area (Å²) in [4.78, 5) is 19.9. The lowest BCUT2D eigenvalue weighted by Gasteiger charge is -2.08. The fourth-order valence-electron chi connectivity index (χ4n) is 1.66. The maximum Gasteiger partial charge on any atom is 0.202 e. The largest absolute Gasteiger partial charge is 0.290 e. The molecule has 1 aromatic rings. The summed E-state index contributed by atoms with van der Waals surface area (Å²) in [6, 6.07) is 1.72. The van der Waals surface area contributed by atoms with Crippen LogP contribution in [0.5, 0.6) is 0 Å². The first-order valence-electron chi connectivity index (χ1n) is 6.07. The highest BCUT2D eigenvalue weighted by Gasteiger charge is 2.16. The predicted molar refractivity (Wildman–Crippen MR) is 64.3 cm³/mol. The zero-order chi connectivity index (χ0) is 11.8. The Labute approximate surface area is 97.3 Å². The molecule has 0 amide bonds. The first kappa shape index (κ1) is 12.8. The number of ketones is 1. The van der Waals surface area contributed by atoms with Gasteiger partial charge in [0.15, 0.2) is 5.82 Å². The molecule has 1 aromatic heterocycles. The second-order valence-corrected chi connectivity index (χ2v) is 4.19. The number of unbranched alkanes of at least 4 members (excludes halogenated alkanes) is 3. The van der Waals surface area contributed by atoms with Crippen molar-refractivity contribution in [3.63, 3.8) is 0 Å². The SMILES string of the molecule is CCCCCCC(C)C(=O)c1ncccn1. The number of Topliss-reactive ketones (excluding diaryl/α,β-unsaturated/α-hetero) is 1. The van der Waals surface area contributed by atoms with Crippen LogP contribution in [-0.4, -0.2) is 15.8 Å². The van der Waals surface area contributed by atoms with Gasteiger partial charge in [-0.15, -0.1) is 0 Å². The van der Waals surface area contributed by atoms with E-state index in [0.717, 1.165) is 12.8 Å². The van der Waals surface area contributed by atoms with E-state index >= 15 is 0 Å². The smallest absolute Gasteiger partial charge is 0.202 e. The standard InChI is InChI=1S/C13H20N2O/c1-3-4-5-6-8-11(2)12(16)13-14-9-7-10-15-13/h7,9-11H,3-6,8H2,1-2H3. The summed E-state index contributed by atoms with van der Waals surface area (Å²) in [5.41, 5.74) is 0. The van der Waals surface area contributed by atoms with Gasteiger partial charge in [-0.1, -0.05) is 39.5 Å². The average Bonchev–Trinajstić information content (AvgIpc) is 2.34. The van der Waals surface area contributed by atoms with Gasteiger partial charge in [-0.3, -0.25) is 4.79 Å². The molecule has 1 rings (SSSR count). The van der Waals surface area contributed by atoms with Crippen molar-refractivity contribution in [2.75, 3.05) is 0 Å². The van der Waals surface area contributed by atoms with Crippen molar-refractivity contribution in [1.82, 2.24) is 9.97 Å². The highest BCUT2D eigenvalue weighted by molar-refractivity contribution is 5.93. The Morgan fingerprint density at radius 2 is 1.94 bits per heavy atom. The van der Waals surface area contributed by atoms with E-state index in [1.54, 1.807) is 18.5 Å². The molecule has 0 aliphatic carbocycles. The van der Waals surface area contributed by atoms with Gasteiger partial charge >= 0.3 is 0 Å². The van der Waals surface area contributed by atoms with Crippen LogP contribution in [0.2, 0.25) is 0 Å². The zero-order valence-corrected chi connectivity index (χ0v) is 10.1. The van der Waals surface area contributed by atoms with E-state index in [1.165, 1.54) is 19.3 Å². The minimum atomic E-state index is 0.0410. The summed E-state index contributed by atoms with van der Waals surface area (Å²) in [7, 11) is 0. The third kappa shape index (κ3) is 4.09. The minimum Gasteiger partial charge on any atom is -0.290 e. The van der Waals surface area contributed by atoms with E-state index in [4.69, 9.17) is 0 Å². The molecule has 0 bridgehead atoms. The van der Waals surface area contributed by atoms with Crippen molar-refractivity contribution in [3.05, 3.63) is 24.3 Å². The van der Waals surface area contributed by atoms with Gasteiger partial charge in [0.2, 0.25) is 5.78 Å². The maximum atomic E-state index is 11.9. The molecule has 88 valence electrons. The number of nitrogens with zero attached hydrogens (tertiary/aromatic N) is 2. The van der Waals surface area contributed by atoms with Crippen LogP contribution in [0.25, 0.3) is 0 Å². The van der Waals surface area contributed by atoms with Crippen LogP contribution in [0, 0.1) is 5.92 Å². The summed E-state index contributed by atoms with van der Waals surface area (Å²) in [6.45, 7) is 4.15. The molecule has 1 heterocycles. The second-order valence-electron chi connectivity index (χ2n) is 4.19. The van der Waals surface area contributed by atoms with Crippen molar-refractivity contribution in [2.24, 2.45) is 5.92 Å². The van der Waals surface area contributed by atoms with E-state index in [2.05, 4.69) is 16.9 Å². The molecule has 16 heavy (non-hydrogen) atoms. The van der Waals surface area contributed by atoms with E-state index < -0.39 is 0 Å². The Hall–Kier alpha value is -1.25. The van der Waals surface area contributed by atoms with Crippen molar-refractivity contribution in [1.29, 1.82) is 0 Å². The molecule has 0 fully saturated rings. The summed E-state index contributed by atoms with van der Waals surface area (Å²) in [5.74, 6) is 0.460. The lowest BCUT2D eigenvalue weighted by atomic mass is 9.98. The number of hydrogen-bond acceptors (Lipinski definition) is 3. The third-order valence-electron chi connectivity index (χ3n) is 2.72. The van der Waals surface area contributed by atoms with Crippen LogP contribution in [0.3, 0.4) is 0 Å². The Morgan fingerprint density at radius 3 is 2.56 bits per heavy atom. The predicted octanol–water partition coefficient (Wildman–Crippen LogP) is 3.27. The summed E-state index contributed by atoms with van der Waals surface area (Å²) >= 11 is 0. The molecule has 0 saturated carbocycles. The molecule has 0 spiro atoms. The maximum absolute atomic E-state index is 11.9. The number of aromatic nitrogens is 2. The Balaban J connectivity index is 2.37. The molecule has 1 atom stereocenters. The molecule has 0 aromatic carbocycles. The molecule has 0 aliphatic rings. The molecule has 0 saturated heterocycles. The molecular weight excluding hydrogens is 200 g/mol.